The van der Waals surface area contributed by atoms with Gasteiger partial charge in [-0.05, 0) is 13.8 Å². The van der Waals surface area contributed by atoms with E-state index in [1.54, 1.807) is 0 Å². The van der Waals surface area contributed by atoms with Crippen LogP contribution >= 0.6 is 0 Å². The maximum absolute atomic E-state index is 2.17. The summed E-state index contributed by atoms with van der Waals surface area (Å²) in [5, 5.41) is 0. The van der Waals surface area contributed by atoms with Crippen molar-refractivity contribution < 1.29 is 0 Å². The first kappa shape index (κ1) is 8.28. The zero-order chi connectivity index (χ0) is 5.98. The quantitative estimate of drug-likeness (QED) is 0.450. The molecule has 0 unspecified atom stereocenters. The molecular formula is C8H13B. The van der Waals surface area contributed by atoms with E-state index >= 15 is 0 Å². The Morgan fingerprint density at radius 1 is 1.00 bits per heavy atom. The highest BCUT2D eigenvalue weighted by atomic mass is 13.9. The van der Waals surface area contributed by atoms with Gasteiger partial charge >= 0.3 is 0 Å². The summed E-state index contributed by atoms with van der Waals surface area (Å²) in [7, 11) is 0. The van der Waals surface area contributed by atoms with Gasteiger partial charge in [-0.2, -0.15) is 0 Å². The second kappa shape index (κ2) is 3.34. The van der Waals surface area contributed by atoms with Gasteiger partial charge in [0.1, 0.15) is 0 Å². The molecule has 48 valence electrons. The van der Waals surface area contributed by atoms with Crippen molar-refractivity contribution in [1.82, 2.24) is 0 Å². The third kappa shape index (κ3) is 2.36. The summed E-state index contributed by atoms with van der Waals surface area (Å²) in [6, 6.07) is 8.45. The Morgan fingerprint density at radius 3 is 1.67 bits per heavy atom. The zero-order valence-electron chi connectivity index (χ0n) is 5.31. The van der Waals surface area contributed by atoms with Crippen LogP contribution in [0.5, 0.6) is 0 Å². The summed E-state index contributed by atoms with van der Waals surface area (Å²) in [6.45, 7) is 4.21. The Balaban J connectivity index is 0.000000640. The average Bonchev–Trinajstić information content (AvgIpc) is 1.64. The van der Waals surface area contributed by atoms with Gasteiger partial charge in [-0.3, -0.25) is 0 Å². The molecule has 1 aromatic rings. The Hall–Kier alpha value is -0.715. The molecule has 0 nitrogen and oxygen atoms in total. The SMILES string of the molecule is B.Cc1cccc(C)c1. The molecule has 0 amide bonds. The fourth-order valence-corrected chi connectivity index (χ4v) is 0.807. The molecule has 0 saturated heterocycles. The van der Waals surface area contributed by atoms with Crippen molar-refractivity contribution >= 4 is 8.41 Å². The molecule has 0 aliphatic carbocycles. The van der Waals surface area contributed by atoms with Crippen LogP contribution in [0.2, 0.25) is 0 Å². The van der Waals surface area contributed by atoms with Gasteiger partial charge in [0.15, 0.2) is 0 Å². The lowest BCUT2D eigenvalue weighted by Crippen LogP contribution is -1.71. The van der Waals surface area contributed by atoms with Crippen LogP contribution in [0, 0.1) is 13.8 Å². The van der Waals surface area contributed by atoms with Gasteiger partial charge in [0.25, 0.3) is 0 Å². The van der Waals surface area contributed by atoms with Crippen LogP contribution in [0.3, 0.4) is 0 Å². The predicted octanol–water partition coefficient (Wildman–Crippen LogP) is 1.12. The van der Waals surface area contributed by atoms with E-state index in [1.807, 2.05) is 0 Å². The highest BCUT2D eigenvalue weighted by molar-refractivity contribution is 5.75. The van der Waals surface area contributed by atoms with Crippen LogP contribution in [-0.4, -0.2) is 8.41 Å². The van der Waals surface area contributed by atoms with Crippen molar-refractivity contribution in [2.75, 3.05) is 0 Å². The second-order valence-electron chi connectivity index (χ2n) is 2.16. The molecule has 0 N–H and O–H groups in total. The maximum atomic E-state index is 2.17. The van der Waals surface area contributed by atoms with E-state index in [4.69, 9.17) is 0 Å². The minimum absolute atomic E-state index is 0. The zero-order valence-corrected chi connectivity index (χ0v) is 5.31. The van der Waals surface area contributed by atoms with Crippen LogP contribution in [0.1, 0.15) is 11.1 Å². The van der Waals surface area contributed by atoms with Gasteiger partial charge in [-0.15, -0.1) is 0 Å². The minimum Gasteiger partial charge on any atom is -0.0617 e. The molecule has 0 radical (unpaired) electrons. The lowest BCUT2D eigenvalue weighted by molar-refractivity contribution is 1.39. The van der Waals surface area contributed by atoms with Crippen LogP contribution in [0.25, 0.3) is 0 Å². The second-order valence-corrected chi connectivity index (χ2v) is 2.16. The number of rotatable bonds is 0. The highest BCUT2D eigenvalue weighted by Crippen LogP contribution is 2.00. The van der Waals surface area contributed by atoms with Gasteiger partial charge in [0.05, 0.1) is 8.41 Å². The van der Waals surface area contributed by atoms with E-state index in [1.165, 1.54) is 11.1 Å². The third-order valence-corrected chi connectivity index (χ3v) is 1.17. The molecule has 0 saturated carbocycles. The summed E-state index contributed by atoms with van der Waals surface area (Å²) in [5.74, 6) is 0. The fourth-order valence-electron chi connectivity index (χ4n) is 0.807. The Kier molecular flexibility index (Phi) is 3.07. The largest absolute Gasteiger partial charge is 0.0814 e. The van der Waals surface area contributed by atoms with E-state index in [2.05, 4.69) is 38.1 Å². The summed E-state index contributed by atoms with van der Waals surface area (Å²) in [4.78, 5) is 0. The third-order valence-electron chi connectivity index (χ3n) is 1.17. The molecule has 0 atom stereocenters. The van der Waals surface area contributed by atoms with Crippen LogP contribution < -0.4 is 0 Å². The Labute approximate surface area is 58.5 Å². The van der Waals surface area contributed by atoms with Crippen LogP contribution in [0.15, 0.2) is 24.3 Å². The normalized spacial score (nSPS) is 8.22. The van der Waals surface area contributed by atoms with E-state index in [9.17, 15) is 0 Å². The van der Waals surface area contributed by atoms with Gasteiger partial charge < -0.3 is 0 Å². The molecular weight excluding hydrogens is 107 g/mol. The molecule has 1 heteroatoms. The van der Waals surface area contributed by atoms with Gasteiger partial charge in [-0.25, -0.2) is 0 Å². The van der Waals surface area contributed by atoms with Crippen molar-refractivity contribution in [2.24, 2.45) is 0 Å². The standard InChI is InChI=1S/C8H10.BH3/c1-7-4-3-5-8(2)6-7;/h3-6H,1-2H3;1H3. The smallest absolute Gasteiger partial charge is 0.0617 e. The summed E-state index contributed by atoms with van der Waals surface area (Å²) >= 11 is 0. The molecule has 9 heavy (non-hydrogen) atoms. The molecule has 0 spiro atoms. The minimum atomic E-state index is 0. The van der Waals surface area contributed by atoms with E-state index < -0.39 is 0 Å². The summed E-state index contributed by atoms with van der Waals surface area (Å²) < 4.78 is 0. The predicted molar refractivity (Wildman–Crippen MR) is 45.9 cm³/mol. The topological polar surface area (TPSA) is 0 Å². The van der Waals surface area contributed by atoms with Crippen molar-refractivity contribution in [1.29, 1.82) is 0 Å². The molecule has 0 aliphatic heterocycles. The average molecular weight is 120 g/mol. The molecule has 0 heterocycles. The van der Waals surface area contributed by atoms with Crippen LogP contribution in [-0.2, 0) is 0 Å². The molecule has 0 aromatic heterocycles. The van der Waals surface area contributed by atoms with Gasteiger partial charge in [0, 0.05) is 0 Å². The number of hydrogen-bond acceptors (Lipinski definition) is 0. The monoisotopic (exact) mass is 120 g/mol. The summed E-state index contributed by atoms with van der Waals surface area (Å²) in [6.07, 6.45) is 0. The molecule has 0 fully saturated rings. The lowest BCUT2D eigenvalue weighted by atomic mass is 10.2. The number of aryl methyl sites for hydroxylation is 2. The first-order valence-corrected chi connectivity index (χ1v) is 2.82. The maximum Gasteiger partial charge on any atom is 0.0814 e. The molecule has 1 rings (SSSR count). The van der Waals surface area contributed by atoms with E-state index in [0.29, 0.717) is 0 Å². The first-order valence-electron chi connectivity index (χ1n) is 2.82. The van der Waals surface area contributed by atoms with Gasteiger partial charge in [-0.1, -0.05) is 35.4 Å². The number of hydrogen-bond donors (Lipinski definition) is 0. The Morgan fingerprint density at radius 2 is 1.44 bits per heavy atom. The van der Waals surface area contributed by atoms with E-state index in [0.717, 1.165) is 0 Å². The molecule has 0 bridgehead atoms. The van der Waals surface area contributed by atoms with Gasteiger partial charge in [0.2, 0.25) is 0 Å². The van der Waals surface area contributed by atoms with Crippen molar-refractivity contribution in [3.63, 3.8) is 0 Å². The van der Waals surface area contributed by atoms with Crippen molar-refractivity contribution in [2.45, 2.75) is 13.8 Å². The summed E-state index contributed by atoms with van der Waals surface area (Å²) in [5.41, 5.74) is 2.68. The molecule has 1 aromatic carbocycles. The number of benzene rings is 1. The fraction of sp³-hybridized carbons (Fsp3) is 0.250. The van der Waals surface area contributed by atoms with E-state index in [-0.39, 0.29) is 8.41 Å². The Bertz CT molecular complexity index is 164. The van der Waals surface area contributed by atoms with Crippen LogP contribution in [0.4, 0.5) is 0 Å². The first-order chi connectivity index (χ1) is 3.79. The highest BCUT2D eigenvalue weighted by Gasteiger charge is 1.80. The lowest BCUT2D eigenvalue weighted by Gasteiger charge is -1.90. The van der Waals surface area contributed by atoms with Crippen molar-refractivity contribution in [3.05, 3.63) is 35.4 Å². The molecule has 0 aliphatic rings. The van der Waals surface area contributed by atoms with Crippen molar-refractivity contribution in [3.8, 4) is 0 Å².